The Morgan fingerprint density at radius 1 is 1.33 bits per heavy atom. The average molecular weight is 251 g/mol. The molecule has 18 heavy (non-hydrogen) atoms. The predicted molar refractivity (Wildman–Crippen MR) is 66.0 cm³/mol. The van der Waals surface area contributed by atoms with E-state index in [0.29, 0.717) is 29.9 Å². The Kier molecular flexibility index (Phi) is 3.72. The highest BCUT2D eigenvalue weighted by atomic mass is 16.5. The molecule has 1 aliphatic carbocycles. The van der Waals surface area contributed by atoms with Gasteiger partial charge in [-0.25, -0.2) is 0 Å². The zero-order chi connectivity index (χ0) is 13.1. The van der Waals surface area contributed by atoms with Crippen LogP contribution < -0.4 is 14.8 Å². The summed E-state index contributed by atoms with van der Waals surface area (Å²) in [6, 6.07) is 5.21. The fourth-order valence-electron chi connectivity index (χ4n) is 2.03. The summed E-state index contributed by atoms with van der Waals surface area (Å²) >= 11 is 0. The van der Waals surface area contributed by atoms with Gasteiger partial charge in [0.2, 0.25) is 0 Å². The van der Waals surface area contributed by atoms with Crippen LogP contribution in [0.4, 0.5) is 0 Å². The molecule has 1 aliphatic rings. The van der Waals surface area contributed by atoms with Crippen molar-refractivity contribution >= 4 is 5.91 Å². The third kappa shape index (κ3) is 2.41. The largest absolute Gasteiger partial charge is 0.493 e. The Morgan fingerprint density at radius 2 is 2.06 bits per heavy atom. The molecule has 0 heterocycles. The number of amides is 1. The second kappa shape index (κ2) is 5.27. The molecule has 0 aliphatic heterocycles. The van der Waals surface area contributed by atoms with E-state index >= 15 is 0 Å². The monoisotopic (exact) mass is 251 g/mol. The number of rotatable bonds is 4. The Hall–Kier alpha value is -1.75. The number of carbonyl (C=O) groups excluding carboxylic acids is 1. The zero-order valence-corrected chi connectivity index (χ0v) is 10.5. The third-order valence-corrected chi connectivity index (χ3v) is 3.10. The molecule has 0 radical (unpaired) electrons. The lowest BCUT2D eigenvalue weighted by molar-refractivity contribution is 0.0561. The molecule has 98 valence electrons. The highest BCUT2D eigenvalue weighted by Crippen LogP contribution is 2.31. The van der Waals surface area contributed by atoms with Gasteiger partial charge in [-0.2, -0.15) is 0 Å². The van der Waals surface area contributed by atoms with E-state index in [2.05, 4.69) is 5.32 Å². The molecule has 1 aromatic carbocycles. The van der Waals surface area contributed by atoms with E-state index in [-0.39, 0.29) is 18.1 Å². The first-order chi connectivity index (χ1) is 8.65. The van der Waals surface area contributed by atoms with E-state index in [1.165, 1.54) is 14.2 Å². The van der Waals surface area contributed by atoms with Crippen LogP contribution in [0.3, 0.4) is 0 Å². The van der Waals surface area contributed by atoms with Gasteiger partial charge in [-0.1, -0.05) is 6.07 Å². The van der Waals surface area contributed by atoms with Gasteiger partial charge in [0, 0.05) is 6.04 Å². The number of para-hydroxylation sites is 1. The van der Waals surface area contributed by atoms with Gasteiger partial charge >= 0.3 is 0 Å². The fraction of sp³-hybridized carbons (Fsp3) is 0.462. The van der Waals surface area contributed by atoms with Crippen molar-refractivity contribution in [1.29, 1.82) is 0 Å². The molecule has 0 unspecified atom stereocenters. The Labute approximate surface area is 106 Å². The number of nitrogens with one attached hydrogen (secondary N) is 1. The number of hydrogen-bond donors (Lipinski definition) is 2. The molecular formula is C13H17NO4. The Bertz CT molecular complexity index is 441. The minimum absolute atomic E-state index is 0.0448. The van der Waals surface area contributed by atoms with Crippen molar-refractivity contribution in [2.75, 3.05) is 14.2 Å². The Balaban J connectivity index is 2.14. The molecule has 0 aromatic heterocycles. The van der Waals surface area contributed by atoms with Crippen LogP contribution in [-0.2, 0) is 0 Å². The SMILES string of the molecule is COc1cccc(C(=O)NC2CC(O)C2)c1OC. The van der Waals surface area contributed by atoms with Gasteiger partial charge in [-0.15, -0.1) is 0 Å². The van der Waals surface area contributed by atoms with Crippen LogP contribution in [0, 0.1) is 0 Å². The number of hydrogen-bond acceptors (Lipinski definition) is 4. The average Bonchev–Trinajstić information content (AvgIpc) is 2.35. The van der Waals surface area contributed by atoms with Crippen LogP contribution in [0.15, 0.2) is 18.2 Å². The second-order valence-electron chi connectivity index (χ2n) is 4.34. The third-order valence-electron chi connectivity index (χ3n) is 3.10. The van der Waals surface area contributed by atoms with E-state index in [4.69, 9.17) is 9.47 Å². The maximum absolute atomic E-state index is 12.1. The first kappa shape index (κ1) is 12.7. The maximum atomic E-state index is 12.1. The predicted octanol–water partition coefficient (Wildman–Crippen LogP) is 0.957. The van der Waals surface area contributed by atoms with Gasteiger partial charge in [-0.3, -0.25) is 4.79 Å². The number of aliphatic hydroxyl groups excluding tert-OH is 1. The molecule has 1 fully saturated rings. The van der Waals surface area contributed by atoms with Crippen molar-refractivity contribution in [3.05, 3.63) is 23.8 Å². The van der Waals surface area contributed by atoms with Crippen molar-refractivity contribution in [3.63, 3.8) is 0 Å². The quantitative estimate of drug-likeness (QED) is 0.836. The van der Waals surface area contributed by atoms with Gasteiger partial charge in [-0.05, 0) is 25.0 Å². The van der Waals surface area contributed by atoms with Gasteiger partial charge in [0.1, 0.15) is 0 Å². The van der Waals surface area contributed by atoms with E-state index in [1.807, 2.05) is 0 Å². The number of methoxy groups -OCH3 is 2. The molecule has 0 saturated heterocycles. The van der Waals surface area contributed by atoms with Crippen LogP contribution in [0.5, 0.6) is 11.5 Å². The topological polar surface area (TPSA) is 67.8 Å². The molecule has 2 rings (SSSR count). The summed E-state index contributed by atoms with van der Waals surface area (Å²) in [4.78, 5) is 12.1. The number of benzene rings is 1. The van der Waals surface area contributed by atoms with Crippen molar-refractivity contribution in [3.8, 4) is 11.5 Å². The summed E-state index contributed by atoms with van der Waals surface area (Å²) in [6.45, 7) is 0. The lowest BCUT2D eigenvalue weighted by Gasteiger charge is -2.32. The minimum Gasteiger partial charge on any atom is -0.493 e. The molecule has 2 N–H and O–H groups in total. The van der Waals surface area contributed by atoms with Crippen molar-refractivity contribution in [2.24, 2.45) is 0 Å². The van der Waals surface area contributed by atoms with Crippen LogP contribution in [0.2, 0.25) is 0 Å². The molecule has 0 atom stereocenters. The fourth-order valence-corrected chi connectivity index (χ4v) is 2.03. The smallest absolute Gasteiger partial charge is 0.255 e. The number of carbonyl (C=O) groups is 1. The summed E-state index contributed by atoms with van der Waals surface area (Å²) in [7, 11) is 3.03. The van der Waals surface area contributed by atoms with Gasteiger partial charge < -0.3 is 19.9 Å². The lowest BCUT2D eigenvalue weighted by atomic mass is 9.89. The summed E-state index contributed by atoms with van der Waals surface area (Å²) in [6.07, 6.45) is 0.929. The van der Waals surface area contributed by atoms with Gasteiger partial charge in [0.15, 0.2) is 11.5 Å². The van der Waals surface area contributed by atoms with Crippen LogP contribution in [0.1, 0.15) is 23.2 Å². The maximum Gasteiger partial charge on any atom is 0.255 e. The Morgan fingerprint density at radius 3 is 2.61 bits per heavy atom. The lowest BCUT2D eigenvalue weighted by Crippen LogP contribution is -2.46. The van der Waals surface area contributed by atoms with Crippen molar-refractivity contribution < 1.29 is 19.4 Å². The normalized spacial score (nSPS) is 21.9. The summed E-state index contributed by atoms with van der Waals surface area (Å²) < 4.78 is 10.4. The summed E-state index contributed by atoms with van der Waals surface area (Å²) in [5.74, 6) is 0.749. The molecular weight excluding hydrogens is 234 g/mol. The van der Waals surface area contributed by atoms with Crippen molar-refractivity contribution in [1.82, 2.24) is 5.32 Å². The summed E-state index contributed by atoms with van der Waals surface area (Å²) in [5, 5.41) is 12.0. The standard InChI is InChI=1S/C13H17NO4/c1-17-11-5-3-4-10(12(11)18-2)13(16)14-8-6-9(15)7-8/h3-5,8-9,15H,6-7H2,1-2H3,(H,14,16). The molecule has 1 saturated carbocycles. The zero-order valence-electron chi connectivity index (χ0n) is 10.5. The van der Waals surface area contributed by atoms with Crippen LogP contribution in [0.25, 0.3) is 0 Å². The van der Waals surface area contributed by atoms with E-state index in [9.17, 15) is 9.90 Å². The van der Waals surface area contributed by atoms with E-state index in [1.54, 1.807) is 18.2 Å². The highest BCUT2D eigenvalue weighted by Gasteiger charge is 2.29. The van der Waals surface area contributed by atoms with Gasteiger partial charge in [0.05, 0.1) is 25.9 Å². The second-order valence-corrected chi connectivity index (χ2v) is 4.34. The van der Waals surface area contributed by atoms with Crippen LogP contribution in [-0.4, -0.2) is 37.4 Å². The molecule has 0 bridgehead atoms. The molecule has 0 spiro atoms. The molecule has 1 amide bonds. The number of aliphatic hydroxyl groups is 1. The first-order valence-corrected chi connectivity index (χ1v) is 5.85. The molecule has 5 heteroatoms. The van der Waals surface area contributed by atoms with Crippen molar-refractivity contribution in [2.45, 2.75) is 25.0 Å². The highest BCUT2D eigenvalue weighted by molar-refractivity contribution is 5.98. The molecule has 1 aromatic rings. The minimum atomic E-state index is -0.289. The van der Waals surface area contributed by atoms with Crippen LogP contribution >= 0.6 is 0 Å². The van der Waals surface area contributed by atoms with Gasteiger partial charge in [0.25, 0.3) is 5.91 Å². The van der Waals surface area contributed by atoms with E-state index < -0.39 is 0 Å². The first-order valence-electron chi connectivity index (χ1n) is 5.85. The number of ether oxygens (including phenoxy) is 2. The summed E-state index contributed by atoms with van der Waals surface area (Å²) in [5.41, 5.74) is 0.443. The molecule has 5 nitrogen and oxygen atoms in total. The van der Waals surface area contributed by atoms with E-state index in [0.717, 1.165) is 0 Å².